The number of anilines is 3. The molecule has 0 saturated carbocycles. The van der Waals surface area contributed by atoms with Crippen LogP contribution in [-0.2, 0) is 0 Å². The Labute approximate surface area is 148 Å². The van der Waals surface area contributed by atoms with Crippen molar-refractivity contribution in [3.8, 4) is 11.5 Å². The zero-order valence-corrected chi connectivity index (χ0v) is 14.3. The monoisotopic (exact) mass is 334 g/mol. The lowest BCUT2D eigenvalue weighted by Gasteiger charge is -2.09. The van der Waals surface area contributed by atoms with E-state index in [2.05, 4.69) is 27.5 Å². The number of nitrogens with one attached hydrogen (secondary N) is 2. The first-order chi connectivity index (χ1) is 12.3. The number of unbranched alkanes of at least 4 members (excludes halogenated alkanes) is 1. The second kappa shape index (κ2) is 8.68. The van der Waals surface area contributed by atoms with Crippen LogP contribution < -0.4 is 15.4 Å². The van der Waals surface area contributed by atoms with Crippen molar-refractivity contribution in [3.63, 3.8) is 0 Å². The molecular weight excluding hydrogens is 312 g/mol. The summed E-state index contributed by atoms with van der Waals surface area (Å²) in [5, 5.41) is 6.51. The molecule has 3 rings (SSSR count). The lowest BCUT2D eigenvalue weighted by Crippen LogP contribution is -2.06. The van der Waals surface area contributed by atoms with Crippen molar-refractivity contribution in [2.75, 3.05) is 17.2 Å². The highest BCUT2D eigenvalue weighted by Crippen LogP contribution is 2.24. The second-order valence-electron chi connectivity index (χ2n) is 5.61. The summed E-state index contributed by atoms with van der Waals surface area (Å²) in [6, 6.07) is 19.4. The number of hydrogen-bond acceptors (Lipinski definition) is 5. The second-order valence-corrected chi connectivity index (χ2v) is 5.61. The number of benzene rings is 2. The molecule has 3 aromatic rings. The van der Waals surface area contributed by atoms with Gasteiger partial charge < -0.3 is 15.4 Å². The third-order valence-electron chi connectivity index (χ3n) is 3.57. The minimum atomic E-state index is 0.641. The first-order valence-corrected chi connectivity index (χ1v) is 8.50. The molecule has 0 radical (unpaired) electrons. The Morgan fingerprint density at radius 3 is 2.44 bits per heavy atom. The summed E-state index contributed by atoms with van der Waals surface area (Å²) < 4.78 is 5.79. The summed E-state index contributed by atoms with van der Waals surface area (Å²) in [6.07, 6.45) is 3.99. The van der Waals surface area contributed by atoms with Crippen molar-refractivity contribution in [1.29, 1.82) is 0 Å². The fourth-order valence-electron chi connectivity index (χ4n) is 2.27. The summed E-state index contributed by atoms with van der Waals surface area (Å²) in [5.41, 5.74) is 0.943. The standard InChI is InChI=1S/C20H22N4O/c1-2-3-14-21-20-22-15-13-19(24-20)23-16-9-11-18(12-10-16)25-17-7-5-4-6-8-17/h4-13,15H,2-3,14H2,1H3,(H2,21,22,23,24). The van der Waals surface area contributed by atoms with E-state index >= 15 is 0 Å². The predicted octanol–water partition coefficient (Wildman–Crippen LogP) is 5.22. The largest absolute Gasteiger partial charge is 0.457 e. The van der Waals surface area contributed by atoms with Crippen LogP contribution in [0.2, 0.25) is 0 Å². The summed E-state index contributed by atoms with van der Waals surface area (Å²) in [7, 11) is 0. The van der Waals surface area contributed by atoms with Gasteiger partial charge in [0.25, 0.3) is 0 Å². The Bertz CT molecular complexity index is 775. The third-order valence-corrected chi connectivity index (χ3v) is 3.57. The lowest BCUT2D eigenvalue weighted by atomic mass is 10.3. The molecule has 0 aliphatic rings. The van der Waals surface area contributed by atoms with E-state index in [0.29, 0.717) is 5.95 Å². The maximum atomic E-state index is 5.79. The van der Waals surface area contributed by atoms with E-state index < -0.39 is 0 Å². The fourth-order valence-corrected chi connectivity index (χ4v) is 2.27. The first-order valence-electron chi connectivity index (χ1n) is 8.50. The number of para-hydroxylation sites is 1. The Morgan fingerprint density at radius 1 is 0.920 bits per heavy atom. The van der Waals surface area contributed by atoms with E-state index in [0.717, 1.165) is 42.4 Å². The van der Waals surface area contributed by atoms with Crippen LogP contribution in [0.4, 0.5) is 17.5 Å². The smallest absolute Gasteiger partial charge is 0.224 e. The number of hydrogen-bond donors (Lipinski definition) is 2. The Kier molecular flexibility index (Phi) is 5.82. The van der Waals surface area contributed by atoms with Crippen molar-refractivity contribution >= 4 is 17.5 Å². The molecule has 0 spiro atoms. The highest BCUT2D eigenvalue weighted by atomic mass is 16.5. The van der Waals surface area contributed by atoms with Crippen molar-refractivity contribution in [3.05, 3.63) is 66.9 Å². The summed E-state index contributed by atoms with van der Waals surface area (Å²) >= 11 is 0. The van der Waals surface area contributed by atoms with Crippen LogP contribution in [0.3, 0.4) is 0 Å². The van der Waals surface area contributed by atoms with Gasteiger partial charge in [-0.1, -0.05) is 31.5 Å². The number of nitrogens with zero attached hydrogens (tertiary/aromatic N) is 2. The van der Waals surface area contributed by atoms with Crippen LogP contribution in [0.25, 0.3) is 0 Å². The topological polar surface area (TPSA) is 59.1 Å². The van der Waals surface area contributed by atoms with E-state index in [1.807, 2.05) is 60.7 Å². The average Bonchev–Trinajstić information content (AvgIpc) is 2.65. The van der Waals surface area contributed by atoms with E-state index in [9.17, 15) is 0 Å². The van der Waals surface area contributed by atoms with Gasteiger partial charge in [-0.25, -0.2) is 4.98 Å². The fraction of sp³-hybridized carbons (Fsp3) is 0.200. The molecule has 25 heavy (non-hydrogen) atoms. The van der Waals surface area contributed by atoms with Crippen molar-refractivity contribution < 1.29 is 4.74 Å². The van der Waals surface area contributed by atoms with Crippen LogP contribution >= 0.6 is 0 Å². The molecule has 0 unspecified atom stereocenters. The molecule has 2 N–H and O–H groups in total. The molecule has 128 valence electrons. The molecule has 0 amide bonds. The Morgan fingerprint density at radius 2 is 1.68 bits per heavy atom. The molecule has 5 heteroatoms. The van der Waals surface area contributed by atoms with Gasteiger partial charge in [-0.3, -0.25) is 0 Å². The summed E-state index contributed by atoms with van der Waals surface area (Å²) in [4.78, 5) is 8.70. The molecule has 0 aliphatic carbocycles. The molecule has 5 nitrogen and oxygen atoms in total. The van der Waals surface area contributed by atoms with Crippen LogP contribution in [0.15, 0.2) is 66.9 Å². The van der Waals surface area contributed by atoms with Gasteiger partial charge in [0.15, 0.2) is 0 Å². The molecule has 0 fully saturated rings. The minimum absolute atomic E-state index is 0.641. The van der Waals surface area contributed by atoms with Crippen LogP contribution in [0.5, 0.6) is 11.5 Å². The van der Waals surface area contributed by atoms with E-state index in [-0.39, 0.29) is 0 Å². The highest BCUT2D eigenvalue weighted by Gasteiger charge is 2.01. The molecular formula is C20H22N4O. The lowest BCUT2D eigenvalue weighted by molar-refractivity contribution is 0.483. The zero-order chi connectivity index (χ0) is 17.3. The van der Waals surface area contributed by atoms with E-state index in [4.69, 9.17) is 4.74 Å². The predicted molar refractivity (Wildman–Crippen MR) is 102 cm³/mol. The van der Waals surface area contributed by atoms with Gasteiger partial charge in [0.2, 0.25) is 5.95 Å². The molecule has 0 atom stereocenters. The normalized spacial score (nSPS) is 10.3. The first kappa shape index (κ1) is 16.8. The zero-order valence-electron chi connectivity index (χ0n) is 14.3. The molecule has 0 bridgehead atoms. The van der Waals surface area contributed by atoms with Crippen molar-refractivity contribution in [2.24, 2.45) is 0 Å². The molecule has 1 aromatic heterocycles. The van der Waals surface area contributed by atoms with Gasteiger partial charge in [-0.2, -0.15) is 4.98 Å². The summed E-state index contributed by atoms with van der Waals surface area (Å²) in [6.45, 7) is 3.04. The number of rotatable bonds is 8. The maximum absolute atomic E-state index is 5.79. The molecule has 2 aromatic carbocycles. The van der Waals surface area contributed by atoms with Crippen LogP contribution in [0.1, 0.15) is 19.8 Å². The SMILES string of the molecule is CCCCNc1nccc(Nc2ccc(Oc3ccccc3)cc2)n1. The number of aromatic nitrogens is 2. The molecule has 1 heterocycles. The molecule has 0 saturated heterocycles. The van der Waals surface area contributed by atoms with Gasteiger partial charge in [0.1, 0.15) is 17.3 Å². The quantitative estimate of drug-likeness (QED) is 0.553. The van der Waals surface area contributed by atoms with Gasteiger partial charge >= 0.3 is 0 Å². The van der Waals surface area contributed by atoms with Gasteiger partial charge in [-0.15, -0.1) is 0 Å². The van der Waals surface area contributed by atoms with Gasteiger partial charge in [-0.05, 0) is 48.9 Å². The highest BCUT2D eigenvalue weighted by molar-refractivity contribution is 5.58. The average molecular weight is 334 g/mol. The number of ether oxygens (including phenoxy) is 1. The maximum Gasteiger partial charge on any atom is 0.224 e. The Hall–Kier alpha value is -3.08. The van der Waals surface area contributed by atoms with E-state index in [1.54, 1.807) is 6.20 Å². The Balaban J connectivity index is 1.60. The minimum Gasteiger partial charge on any atom is -0.457 e. The third kappa shape index (κ3) is 5.21. The van der Waals surface area contributed by atoms with E-state index in [1.165, 1.54) is 0 Å². The van der Waals surface area contributed by atoms with Crippen LogP contribution in [0, 0.1) is 0 Å². The van der Waals surface area contributed by atoms with Crippen LogP contribution in [-0.4, -0.2) is 16.5 Å². The van der Waals surface area contributed by atoms with Crippen molar-refractivity contribution in [2.45, 2.75) is 19.8 Å². The summed E-state index contributed by atoms with van der Waals surface area (Å²) in [5.74, 6) is 3.01. The molecule has 0 aliphatic heterocycles. The van der Waals surface area contributed by atoms with Crippen molar-refractivity contribution in [1.82, 2.24) is 9.97 Å². The van der Waals surface area contributed by atoms with Gasteiger partial charge in [0, 0.05) is 18.4 Å². The van der Waals surface area contributed by atoms with Gasteiger partial charge in [0.05, 0.1) is 0 Å².